The molecule has 1 atom stereocenters. The molecular formula is C24H16FN5O3. The van der Waals surface area contributed by atoms with E-state index in [0.29, 0.717) is 28.2 Å². The molecule has 162 valence electrons. The Kier molecular flexibility index (Phi) is 4.98. The molecule has 8 nitrogen and oxygen atoms in total. The number of halogens is 1. The van der Waals surface area contributed by atoms with E-state index in [2.05, 4.69) is 15.3 Å². The molecule has 0 bridgehead atoms. The van der Waals surface area contributed by atoms with E-state index < -0.39 is 16.7 Å². The molecule has 0 radical (unpaired) electrons. The Morgan fingerprint density at radius 1 is 1.06 bits per heavy atom. The minimum Gasteiger partial charge on any atom is -0.345 e. The minimum absolute atomic E-state index is 0.127. The van der Waals surface area contributed by atoms with Crippen LogP contribution in [0.1, 0.15) is 17.0 Å². The van der Waals surface area contributed by atoms with Gasteiger partial charge in [-0.25, -0.2) is 9.37 Å². The Morgan fingerprint density at radius 2 is 1.82 bits per heavy atom. The SMILES string of the molecule is O=C1Nc2ccc([N+](=O)[O-])cc2C1C(=Nc1ccc(-c2cnc[nH]2)cc1)c1ccc(F)cc1. The first-order valence-corrected chi connectivity index (χ1v) is 10.0. The number of amides is 1. The maximum Gasteiger partial charge on any atom is 0.269 e. The van der Waals surface area contributed by atoms with E-state index >= 15 is 0 Å². The third-order valence-corrected chi connectivity index (χ3v) is 5.42. The molecule has 0 saturated carbocycles. The standard InChI is InChI=1S/C24H16FN5O3/c25-16-5-1-15(2-6-16)23(28-17-7-3-14(4-8-17)21-12-26-13-27-21)22-19-11-18(30(32)33)9-10-20(19)29-24(22)31/h1-13,22H,(H,26,27)(H,29,31). The molecule has 2 N–H and O–H groups in total. The van der Waals surface area contributed by atoms with E-state index in [4.69, 9.17) is 4.99 Å². The lowest BCUT2D eigenvalue weighted by molar-refractivity contribution is -0.384. The number of aromatic nitrogens is 2. The summed E-state index contributed by atoms with van der Waals surface area (Å²) in [4.78, 5) is 35.5. The number of H-pyrrole nitrogens is 1. The summed E-state index contributed by atoms with van der Waals surface area (Å²) in [5, 5.41) is 14.1. The number of rotatable bonds is 5. The van der Waals surface area contributed by atoms with Crippen LogP contribution in [0.25, 0.3) is 11.3 Å². The van der Waals surface area contributed by atoms with Crippen molar-refractivity contribution >= 4 is 28.7 Å². The molecule has 1 aromatic heterocycles. The van der Waals surface area contributed by atoms with Crippen molar-refractivity contribution < 1.29 is 14.1 Å². The summed E-state index contributed by atoms with van der Waals surface area (Å²) in [6.45, 7) is 0. The average molecular weight is 441 g/mol. The van der Waals surface area contributed by atoms with Crippen molar-refractivity contribution in [2.45, 2.75) is 5.92 Å². The summed E-state index contributed by atoms with van der Waals surface area (Å²) >= 11 is 0. The van der Waals surface area contributed by atoms with Gasteiger partial charge in [0.2, 0.25) is 5.91 Å². The number of carbonyl (C=O) groups is 1. The summed E-state index contributed by atoms with van der Waals surface area (Å²) in [5.41, 5.74) is 4.04. The molecule has 0 spiro atoms. The van der Waals surface area contributed by atoms with Gasteiger partial charge < -0.3 is 10.3 Å². The average Bonchev–Trinajstić information content (AvgIpc) is 3.46. The van der Waals surface area contributed by atoms with Crippen molar-refractivity contribution in [1.29, 1.82) is 0 Å². The van der Waals surface area contributed by atoms with Gasteiger partial charge in [-0.3, -0.25) is 19.9 Å². The highest BCUT2D eigenvalue weighted by Crippen LogP contribution is 2.38. The molecule has 0 fully saturated rings. The third kappa shape index (κ3) is 3.87. The molecule has 1 aliphatic rings. The second-order valence-corrected chi connectivity index (χ2v) is 7.47. The quantitative estimate of drug-likeness (QED) is 0.258. The Morgan fingerprint density at radius 3 is 2.48 bits per heavy atom. The molecule has 3 aromatic carbocycles. The van der Waals surface area contributed by atoms with Crippen LogP contribution in [0, 0.1) is 15.9 Å². The molecule has 33 heavy (non-hydrogen) atoms. The summed E-state index contributed by atoms with van der Waals surface area (Å²) in [6, 6.07) is 17.2. The van der Waals surface area contributed by atoms with Crippen LogP contribution in [-0.4, -0.2) is 26.5 Å². The number of nitro groups is 1. The van der Waals surface area contributed by atoms with Crippen LogP contribution in [-0.2, 0) is 4.79 Å². The number of imidazole rings is 1. The summed E-state index contributed by atoms with van der Waals surface area (Å²) in [7, 11) is 0. The Hall–Kier alpha value is -4.66. The van der Waals surface area contributed by atoms with Gasteiger partial charge in [0.1, 0.15) is 11.7 Å². The zero-order chi connectivity index (χ0) is 22.9. The first kappa shape index (κ1) is 20.3. The molecule has 9 heteroatoms. The number of nitrogens with zero attached hydrogens (tertiary/aromatic N) is 3. The smallest absolute Gasteiger partial charge is 0.269 e. The number of benzene rings is 3. The van der Waals surface area contributed by atoms with E-state index in [9.17, 15) is 19.3 Å². The largest absolute Gasteiger partial charge is 0.345 e. The molecule has 1 amide bonds. The van der Waals surface area contributed by atoms with Crippen LogP contribution in [0.15, 0.2) is 84.2 Å². The number of hydrogen-bond acceptors (Lipinski definition) is 5. The fourth-order valence-corrected chi connectivity index (χ4v) is 3.82. The summed E-state index contributed by atoms with van der Waals surface area (Å²) in [5.74, 6) is -1.67. The third-order valence-electron chi connectivity index (χ3n) is 5.42. The Labute approximate surface area is 187 Å². The van der Waals surface area contributed by atoms with Gasteiger partial charge in [0, 0.05) is 23.4 Å². The molecule has 1 unspecified atom stereocenters. The van der Waals surface area contributed by atoms with Crippen molar-refractivity contribution in [2.75, 3.05) is 5.32 Å². The lowest BCUT2D eigenvalue weighted by Gasteiger charge is -2.14. The van der Waals surface area contributed by atoms with E-state index in [-0.39, 0.29) is 11.6 Å². The molecule has 1 aliphatic heterocycles. The Balaban J connectivity index is 1.62. The maximum atomic E-state index is 13.6. The number of nitro benzene ring substituents is 1. The van der Waals surface area contributed by atoms with Crippen molar-refractivity contribution in [1.82, 2.24) is 9.97 Å². The van der Waals surface area contributed by atoms with Crippen molar-refractivity contribution in [3.05, 3.63) is 106 Å². The van der Waals surface area contributed by atoms with E-state index in [1.54, 1.807) is 24.7 Å². The van der Waals surface area contributed by atoms with Crippen LogP contribution < -0.4 is 5.32 Å². The highest BCUT2D eigenvalue weighted by Gasteiger charge is 2.36. The summed E-state index contributed by atoms with van der Waals surface area (Å²) in [6.07, 6.45) is 3.29. The fraction of sp³-hybridized carbons (Fsp3) is 0.0417. The van der Waals surface area contributed by atoms with Gasteiger partial charge in [0.25, 0.3) is 5.69 Å². The zero-order valence-corrected chi connectivity index (χ0v) is 17.0. The van der Waals surface area contributed by atoms with Crippen molar-refractivity contribution in [3.63, 3.8) is 0 Å². The second kappa shape index (κ2) is 8.12. The summed E-state index contributed by atoms with van der Waals surface area (Å²) < 4.78 is 13.6. The van der Waals surface area contributed by atoms with Crippen LogP contribution in [0.4, 0.5) is 21.5 Å². The fourth-order valence-electron chi connectivity index (χ4n) is 3.82. The molecule has 5 rings (SSSR count). The predicted molar refractivity (Wildman–Crippen MR) is 121 cm³/mol. The number of aromatic amines is 1. The topological polar surface area (TPSA) is 113 Å². The van der Waals surface area contributed by atoms with Gasteiger partial charge in [-0.2, -0.15) is 0 Å². The van der Waals surface area contributed by atoms with Crippen LogP contribution in [0.3, 0.4) is 0 Å². The van der Waals surface area contributed by atoms with Crippen LogP contribution in [0.5, 0.6) is 0 Å². The number of non-ortho nitro benzene ring substituents is 1. The van der Waals surface area contributed by atoms with Gasteiger partial charge in [0.15, 0.2) is 0 Å². The monoisotopic (exact) mass is 441 g/mol. The van der Waals surface area contributed by atoms with Crippen LogP contribution in [0.2, 0.25) is 0 Å². The first-order chi connectivity index (χ1) is 16.0. The number of hydrogen-bond donors (Lipinski definition) is 2. The van der Waals surface area contributed by atoms with E-state index in [1.807, 2.05) is 12.1 Å². The van der Waals surface area contributed by atoms with Gasteiger partial charge in [-0.1, -0.05) is 24.3 Å². The molecule has 0 saturated heterocycles. The number of fused-ring (bicyclic) bond motifs is 1. The number of anilines is 1. The number of carbonyl (C=O) groups excluding carboxylic acids is 1. The number of nitrogens with one attached hydrogen (secondary N) is 2. The normalized spacial score (nSPS) is 15.2. The van der Waals surface area contributed by atoms with Crippen LogP contribution >= 0.6 is 0 Å². The van der Waals surface area contributed by atoms with Crippen molar-refractivity contribution in [2.24, 2.45) is 4.99 Å². The van der Waals surface area contributed by atoms with Gasteiger partial charge in [0.05, 0.1) is 34.5 Å². The highest BCUT2D eigenvalue weighted by atomic mass is 19.1. The maximum absolute atomic E-state index is 13.6. The highest BCUT2D eigenvalue weighted by molar-refractivity contribution is 6.24. The zero-order valence-electron chi connectivity index (χ0n) is 17.0. The molecule has 2 heterocycles. The van der Waals surface area contributed by atoms with Gasteiger partial charge >= 0.3 is 0 Å². The number of aliphatic imine (C=N–C) groups is 1. The Bertz CT molecular complexity index is 1380. The predicted octanol–water partition coefficient (Wildman–Crippen LogP) is 4.98. The molecule has 0 aliphatic carbocycles. The minimum atomic E-state index is -0.891. The lowest BCUT2D eigenvalue weighted by Crippen LogP contribution is -2.22. The van der Waals surface area contributed by atoms with Gasteiger partial charge in [-0.15, -0.1) is 0 Å². The second-order valence-electron chi connectivity index (χ2n) is 7.47. The molecule has 4 aromatic rings. The van der Waals surface area contributed by atoms with Gasteiger partial charge in [-0.05, 0) is 41.5 Å². The van der Waals surface area contributed by atoms with Crippen molar-refractivity contribution in [3.8, 4) is 11.3 Å². The molecular weight excluding hydrogens is 425 g/mol. The van der Waals surface area contributed by atoms with E-state index in [0.717, 1.165) is 11.3 Å². The first-order valence-electron chi connectivity index (χ1n) is 10.0. The lowest BCUT2D eigenvalue weighted by atomic mass is 9.90. The van der Waals surface area contributed by atoms with E-state index in [1.165, 1.54) is 42.5 Å².